The molecule has 13 heavy (non-hydrogen) atoms. The summed E-state index contributed by atoms with van der Waals surface area (Å²) in [5.74, 6) is 1.84. The van der Waals surface area contributed by atoms with Crippen molar-refractivity contribution < 1.29 is 0 Å². The lowest BCUT2D eigenvalue weighted by Gasteiger charge is -2.25. The van der Waals surface area contributed by atoms with Gasteiger partial charge in [0.15, 0.2) is 0 Å². The van der Waals surface area contributed by atoms with Gasteiger partial charge >= 0.3 is 0 Å². The third-order valence-electron chi connectivity index (χ3n) is 2.45. The maximum absolute atomic E-state index is 4.18. The lowest BCUT2D eigenvalue weighted by Crippen LogP contribution is -2.21. The first kappa shape index (κ1) is 9.18. The molecule has 0 aliphatic heterocycles. The van der Waals surface area contributed by atoms with Crippen LogP contribution in [0.1, 0.15) is 19.3 Å². The molecule has 1 saturated carbocycles. The monoisotopic (exact) mass is 289 g/mol. The average molecular weight is 289 g/mol. The maximum atomic E-state index is 4.18. The molecular weight excluding hydrogens is 277 g/mol. The molecule has 0 radical (unpaired) electrons. The third kappa shape index (κ3) is 2.30. The summed E-state index contributed by atoms with van der Waals surface area (Å²) >= 11 is 2.25. The molecule has 0 spiro atoms. The molecule has 0 unspecified atom stereocenters. The molecular formula is C9H12IN3. The highest BCUT2D eigenvalue weighted by Gasteiger charge is 2.17. The van der Waals surface area contributed by atoms with Crippen molar-refractivity contribution in [1.29, 1.82) is 0 Å². The van der Waals surface area contributed by atoms with E-state index < -0.39 is 0 Å². The van der Waals surface area contributed by atoms with E-state index in [1.165, 1.54) is 19.3 Å². The Bertz CT molecular complexity index is 286. The lowest BCUT2D eigenvalue weighted by molar-refractivity contribution is 0.333. The molecule has 1 aromatic heterocycles. The molecule has 1 heterocycles. The van der Waals surface area contributed by atoms with Gasteiger partial charge in [-0.15, -0.1) is 0 Å². The molecule has 0 bridgehead atoms. The van der Waals surface area contributed by atoms with E-state index in [-0.39, 0.29) is 0 Å². The van der Waals surface area contributed by atoms with Crippen molar-refractivity contribution in [3.63, 3.8) is 0 Å². The summed E-state index contributed by atoms with van der Waals surface area (Å²) in [6, 6.07) is 0. The van der Waals surface area contributed by atoms with Crippen LogP contribution in [0.25, 0.3) is 0 Å². The zero-order valence-electron chi connectivity index (χ0n) is 7.33. The highest BCUT2D eigenvalue weighted by molar-refractivity contribution is 14.1. The Labute approximate surface area is 91.5 Å². The first-order chi connectivity index (χ1) is 6.36. The molecule has 4 heteroatoms. The summed E-state index contributed by atoms with van der Waals surface area (Å²) in [6.07, 6.45) is 7.55. The maximum Gasteiger partial charge on any atom is 0.142 e. The first-order valence-electron chi connectivity index (χ1n) is 4.55. The molecule has 0 atom stereocenters. The van der Waals surface area contributed by atoms with Crippen molar-refractivity contribution in [2.45, 2.75) is 19.3 Å². The number of rotatable bonds is 3. The normalized spacial score (nSPS) is 16.7. The summed E-state index contributed by atoms with van der Waals surface area (Å²) in [7, 11) is 0. The van der Waals surface area contributed by atoms with Gasteiger partial charge in [0.1, 0.15) is 12.1 Å². The van der Waals surface area contributed by atoms with Gasteiger partial charge in [0.2, 0.25) is 0 Å². The van der Waals surface area contributed by atoms with Crippen molar-refractivity contribution in [3.05, 3.63) is 16.1 Å². The Morgan fingerprint density at radius 1 is 1.54 bits per heavy atom. The first-order valence-corrected chi connectivity index (χ1v) is 5.63. The van der Waals surface area contributed by atoms with Crippen LogP contribution in [0.15, 0.2) is 12.5 Å². The zero-order chi connectivity index (χ0) is 9.10. The van der Waals surface area contributed by atoms with Gasteiger partial charge in [-0.3, -0.25) is 0 Å². The predicted molar refractivity (Wildman–Crippen MR) is 60.6 cm³/mol. The van der Waals surface area contributed by atoms with E-state index >= 15 is 0 Å². The van der Waals surface area contributed by atoms with Crippen molar-refractivity contribution in [1.82, 2.24) is 9.97 Å². The molecule has 70 valence electrons. The van der Waals surface area contributed by atoms with Gasteiger partial charge in [-0.1, -0.05) is 6.42 Å². The van der Waals surface area contributed by atoms with E-state index in [1.54, 1.807) is 6.33 Å². The standard InChI is InChI=1S/C9H12IN3/c10-8-5-11-6-13-9(8)12-4-7-2-1-3-7/h5-7H,1-4H2,(H,11,12,13). The van der Waals surface area contributed by atoms with Crippen LogP contribution in [-0.2, 0) is 0 Å². The minimum atomic E-state index is 0.866. The van der Waals surface area contributed by atoms with Gasteiger partial charge in [-0.05, 0) is 41.4 Å². The van der Waals surface area contributed by atoms with Gasteiger partial charge in [-0.2, -0.15) is 0 Å². The fraction of sp³-hybridized carbons (Fsp3) is 0.556. The summed E-state index contributed by atoms with van der Waals surface area (Å²) in [5.41, 5.74) is 0. The van der Waals surface area contributed by atoms with Gasteiger partial charge in [0, 0.05) is 12.7 Å². The van der Waals surface area contributed by atoms with Crippen LogP contribution in [0, 0.1) is 9.49 Å². The van der Waals surface area contributed by atoms with Crippen LogP contribution in [-0.4, -0.2) is 16.5 Å². The Balaban J connectivity index is 1.89. The SMILES string of the molecule is Ic1cncnc1NCC1CCC1. The largest absolute Gasteiger partial charge is 0.369 e. The number of aromatic nitrogens is 2. The summed E-state index contributed by atoms with van der Waals surface area (Å²) in [6.45, 7) is 1.06. The van der Waals surface area contributed by atoms with Gasteiger partial charge < -0.3 is 5.32 Å². The van der Waals surface area contributed by atoms with Crippen LogP contribution in [0.4, 0.5) is 5.82 Å². The summed E-state index contributed by atoms with van der Waals surface area (Å²) in [4.78, 5) is 8.13. The second-order valence-corrected chi connectivity index (χ2v) is 4.56. The van der Waals surface area contributed by atoms with Crippen LogP contribution in [0.3, 0.4) is 0 Å². The summed E-state index contributed by atoms with van der Waals surface area (Å²) in [5, 5.41) is 3.36. The van der Waals surface area contributed by atoms with Gasteiger partial charge in [-0.25, -0.2) is 9.97 Å². The number of nitrogens with one attached hydrogen (secondary N) is 1. The molecule has 3 nitrogen and oxygen atoms in total. The van der Waals surface area contributed by atoms with Crippen molar-refractivity contribution in [2.24, 2.45) is 5.92 Å². The number of hydrogen-bond donors (Lipinski definition) is 1. The van der Waals surface area contributed by atoms with E-state index in [0.29, 0.717) is 0 Å². The van der Waals surface area contributed by atoms with Crippen molar-refractivity contribution in [3.8, 4) is 0 Å². The lowest BCUT2D eigenvalue weighted by atomic mass is 9.85. The molecule has 0 aromatic carbocycles. The molecule has 0 amide bonds. The Morgan fingerprint density at radius 2 is 2.38 bits per heavy atom. The van der Waals surface area contributed by atoms with E-state index in [1.807, 2.05) is 6.20 Å². The van der Waals surface area contributed by atoms with E-state index in [2.05, 4.69) is 37.9 Å². The predicted octanol–water partition coefficient (Wildman–Crippen LogP) is 2.29. The molecule has 2 rings (SSSR count). The zero-order valence-corrected chi connectivity index (χ0v) is 9.49. The Hall–Kier alpha value is -0.390. The second kappa shape index (κ2) is 4.21. The number of hydrogen-bond acceptors (Lipinski definition) is 3. The van der Waals surface area contributed by atoms with E-state index in [9.17, 15) is 0 Å². The fourth-order valence-corrected chi connectivity index (χ4v) is 1.87. The molecule has 0 saturated heterocycles. The topological polar surface area (TPSA) is 37.8 Å². The number of anilines is 1. The van der Waals surface area contributed by atoms with Gasteiger partial charge in [0.05, 0.1) is 3.57 Å². The molecule has 1 fully saturated rings. The van der Waals surface area contributed by atoms with Crippen LogP contribution in [0.5, 0.6) is 0 Å². The molecule has 1 aromatic rings. The number of nitrogens with zero attached hydrogens (tertiary/aromatic N) is 2. The Morgan fingerprint density at radius 3 is 3.00 bits per heavy atom. The minimum Gasteiger partial charge on any atom is -0.369 e. The van der Waals surface area contributed by atoms with E-state index in [4.69, 9.17) is 0 Å². The van der Waals surface area contributed by atoms with Crippen molar-refractivity contribution >= 4 is 28.4 Å². The smallest absolute Gasteiger partial charge is 0.142 e. The van der Waals surface area contributed by atoms with Gasteiger partial charge in [0.25, 0.3) is 0 Å². The minimum absolute atomic E-state index is 0.866. The quantitative estimate of drug-likeness (QED) is 0.868. The summed E-state index contributed by atoms with van der Waals surface area (Å²) < 4.78 is 1.10. The van der Waals surface area contributed by atoms with Crippen LogP contribution >= 0.6 is 22.6 Å². The van der Waals surface area contributed by atoms with Crippen LogP contribution in [0.2, 0.25) is 0 Å². The highest BCUT2D eigenvalue weighted by atomic mass is 127. The van der Waals surface area contributed by atoms with E-state index in [0.717, 1.165) is 21.9 Å². The highest BCUT2D eigenvalue weighted by Crippen LogP contribution is 2.26. The average Bonchev–Trinajstić information content (AvgIpc) is 2.05. The number of halogens is 1. The van der Waals surface area contributed by atoms with Crippen LogP contribution < -0.4 is 5.32 Å². The molecule has 1 aliphatic rings. The van der Waals surface area contributed by atoms with Crippen molar-refractivity contribution in [2.75, 3.05) is 11.9 Å². The second-order valence-electron chi connectivity index (χ2n) is 3.40. The Kier molecular flexibility index (Phi) is 2.97. The fourth-order valence-electron chi connectivity index (χ4n) is 1.38. The third-order valence-corrected chi connectivity index (χ3v) is 3.24. The molecule has 1 N–H and O–H groups in total. The molecule has 1 aliphatic carbocycles.